The molecule has 0 spiro atoms. The maximum absolute atomic E-state index is 5.57. The van der Waals surface area contributed by atoms with Gasteiger partial charge in [-0.1, -0.05) is 13.8 Å². The predicted molar refractivity (Wildman–Crippen MR) is 68.2 cm³/mol. The van der Waals surface area contributed by atoms with Crippen LogP contribution in [0.5, 0.6) is 0 Å². The first-order valence-electron chi connectivity index (χ1n) is 6.03. The number of thiazole rings is 1. The Morgan fingerprint density at radius 1 is 1.44 bits per heavy atom. The molecule has 0 amide bonds. The van der Waals surface area contributed by atoms with Crippen LogP contribution in [-0.2, 0) is 13.1 Å². The molecule has 16 heavy (non-hydrogen) atoms. The zero-order chi connectivity index (χ0) is 11.5. The van der Waals surface area contributed by atoms with Crippen molar-refractivity contribution in [1.82, 2.24) is 9.88 Å². The second-order valence-electron chi connectivity index (χ2n) is 5.08. The van der Waals surface area contributed by atoms with Crippen LogP contribution in [0.15, 0.2) is 5.38 Å². The molecule has 0 saturated carbocycles. The van der Waals surface area contributed by atoms with Crippen LogP contribution < -0.4 is 5.73 Å². The number of likely N-dealkylation sites (tertiary alicyclic amines) is 1. The SMILES string of the molecule is CC1CC(C)CN(Cc2csc(CN)n2)C1. The van der Waals surface area contributed by atoms with Crippen LogP contribution in [0.2, 0.25) is 0 Å². The van der Waals surface area contributed by atoms with Gasteiger partial charge in [-0.3, -0.25) is 4.90 Å². The minimum absolute atomic E-state index is 0.567. The average molecular weight is 239 g/mol. The Morgan fingerprint density at radius 2 is 2.12 bits per heavy atom. The fourth-order valence-electron chi connectivity index (χ4n) is 2.67. The monoisotopic (exact) mass is 239 g/mol. The van der Waals surface area contributed by atoms with Gasteiger partial charge in [-0.15, -0.1) is 11.3 Å². The van der Waals surface area contributed by atoms with E-state index in [4.69, 9.17) is 5.73 Å². The first kappa shape index (κ1) is 12.0. The van der Waals surface area contributed by atoms with Crippen molar-refractivity contribution in [2.75, 3.05) is 13.1 Å². The van der Waals surface area contributed by atoms with Gasteiger partial charge in [-0.05, 0) is 18.3 Å². The van der Waals surface area contributed by atoms with E-state index in [0.717, 1.165) is 23.4 Å². The molecule has 1 aromatic rings. The highest BCUT2D eigenvalue weighted by Gasteiger charge is 2.22. The summed E-state index contributed by atoms with van der Waals surface area (Å²) in [5, 5.41) is 3.19. The molecule has 2 heterocycles. The minimum Gasteiger partial charge on any atom is -0.325 e. The van der Waals surface area contributed by atoms with Crippen molar-refractivity contribution < 1.29 is 0 Å². The summed E-state index contributed by atoms with van der Waals surface area (Å²) in [7, 11) is 0. The molecular weight excluding hydrogens is 218 g/mol. The molecule has 1 aliphatic rings. The summed E-state index contributed by atoms with van der Waals surface area (Å²) < 4.78 is 0. The van der Waals surface area contributed by atoms with Crippen LogP contribution >= 0.6 is 11.3 Å². The quantitative estimate of drug-likeness (QED) is 0.878. The molecule has 0 aromatic carbocycles. The van der Waals surface area contributed by atoms with Crippen molar-refractivity contribution >= 4 is 11.3 Å². The summed E-state index contributed by atoms with van der Waals surface area (Å²) in [6, 6.07) is 0. The maximum atomic E-state index is 5.57. The van der Waals surface area contributed by atoms with Gasteiger partial charge in [0.1, 0.15) is 5.01 Å². The lowest BCUT2D eigenvalue weighted by Gasteiger charge is -2.34. The molecule has 2 rings (SSSR count). The van der Waals surface area contributed by atoms with Crippen molar-refractivity contribution in [2.45, 2.75) is 33.4 Å². The van der Waals surface area contributed by atoms with E-state index < -0.39 is 0 Å². The first-order chi connectivity index (χ1) is 7.67. The smallest absolute Gasteiger partial charge is 0.106 e. The molecule has 0 bridgehead atoms. The van der Waals surface area contributed by atoms with E-state index in [1.807, 2.05) is 0 Å². The Bertz CT molecular complexity index is 327. The molecule has 0 radical (unpaired) electrons. The first-order valence-corrected chi connectivity index (χ1v) is 6.91. The highest BCUT2D eigenvalue weighted by Crippen LogP contribution is 2.22. The molecular formula is C12H21N3S. The van der Waals surface area contributed by atoms with Gasteiger partial charge in [0.2, 0.25) is 0 Å². The molecule has 3 nitrogen and oxygen atoms in total. The lowest BCUT2D eigenvalue weighted by molar-refractivity contribution is 0.133. The van der Waals surface area contributed by atoms with Gasteiger partial charge in [0, 0.05) is 31.6 Å². The van der Waals surface area contributed by atoms with E-state index in [1.165, 1.54) is 25.2 Å². The average Bonchev–Trinajstić information content (AvgIpc) is 2.64. The molecule has 4 heteroatoms. The molecule has 0 aliphatic carbocycles. The Balaban J connectivity index is 1.93. The van der Waals surface area contributed by atoms with Crippen molar-refractivity contribution in [3.8, 4) is 0 Å². The van der Waals surface area contributed by atoms with Crippen molar-refractivity contribution in [1.29, 1.82) is 0 Å². The molecule has 1 aromatic heterocycles. The highest BCUT2D eigenvalue weighted by molar-refractivity contribution is 7.09. The van der Waals surface area contributed by atoms with E-state index >= 15 is 0 Å². The fourth-order valence-corrected chi connectivity index (χ4v) is 3.33. The van der Waals surface area contributed by atoms with Gasteiger partial charge in [0.25, 0.3) is 0 Å². The van der Waals surface area contributed by atoms with E-state index in [0.29, 0.717) is 6.54 Å². The lowest BCUT2D eigenvalue weighted by atomic mass is 9.92. The lowest BCUT2D eigenvalue weighted by Crippen LogP contribution is -2.38. The van der Waals surface area contributed by atoms with E-state index in [9.17, 15) is 0 Å². The minimum atomic E-state index is 0.567. The topological polar surface area (TPSA) is 42.1 Å². The Kier molecular flexibility index (Phi) is 3.95. The molecule has 1 aliphatic heterocycles. The third kappa shape index (κ3) is 3.03. The van der Waals surface area contributed by atoms with E-state index in [-0.39, 0.29) is 0 Å². The Morgan fingerprint density at radius 3 is 2.69 bits per heavy atom. The van der Waals surface area contributed by atoms with E-state index in [1.54, 1.807) is 11.3 Å². The van der Waals surface area contributed by atoms with Gasteiger partial charge in [0.15, 0.2) is 0 Å². The van der Waals surface area contributed by atoms with Crippen molar-refractivity contribution in [3.05, 3.63) is 16.1 Å². The van der Waals surface area contributed by atoms with Crippen molar-refractivity contribution in [2.24, 2.45) is 17.6 Å². The van der Waals surface area contributed by atoms with Gasteiger partial charge < -0.3 is 5.73 Å². The van der Waals surface area contributed by atoms with Crippen LogP contribution in [0, 0.1) is 11.8 Å². The second-order valence-corrected chi connectivity index (χ2v) is 6.02. The van der Waals surface area contributed by atoms with Crippen molar-refractivity contribution in [3.63, 3.8) is 0 Å². The van der Waals surface area contributed by atoms with Crippen LogP contribution in [-0.4, -0.2) is 23.0 Å². The molecule has 2 N–H and O–H groups in total. The number of nitrogens with zero attached hydrogens (tertiary/aromatic N) is 2. The summed E-state index contributed by atoms with van der Waals surface area (Å²) in [6.07, 6.45) is 1.36. The number of rotatable bonds is 3. The van der Waals surface area contributed by atoms with Gasteiger partial charge >= 0.3 is 0 Å². The Hall–Kier alpha value is -0.450. The standard InChI is InChI=1S/C12H21N3S/c1-9-3-10(2)6-15(5-9)7-11-8-16-12(4-13)14-11/h8-10H,3-7,13H2,1-2H3. The van der Waals surface area contributed by atoms with Gasteiger partial charge in [0.05, 0.1) is 5.69 Å². The number of piperidine rings is 1. The fraction of sp³-hybridized carbons (Fsp3) is 0.750. The van der Waals surface area contributed by atoms with Crippen LogP contribution in [0.25, 0.3) is 0 Å². The van der Waals surface area contributed by atoms with E-state index in [2.05, 4.69) is 29.1 Å². The zero-order valence-corrected chi connectivity index (χ0v) is 11.0. The highest BCUT2D eigenvalue weighted by atomic mass is 32.1. The number of hydrogen-bond donors (Lipinski definition) is 1. The third-order valence-corrected chi connectivity index (χ3v) is 4.02. The predicted octanol–water partition coefficient (Wildman–Crippen LogP) is 2.08. The van der Waals surface area contributed by atoms with Crippen LogP contribution in [0.3, 0.4) is 0 Å². The molecule has 1 fully saturated rings. The summed E-state index contributed by atoms with van der Waals surface area (Å²) in [6.45, 7) is 8.66. The molecule has 2 atom stereocenters. The summed E-state index contributed by atoms with van der Waals surface area (Å²) >= 11 is 1.68. The molecule has 2 unspecified atom stereocenters. The summed E-state index contributed by atoms with van der Waals surface area (Å²) in [5.41, 5.74) is 6.76. The van der Waals surface area contributed by atoms with Crippen LogP contribution in [0.1, 0.15) is 31.0 Å². The van der Waals surface area contributed by atoms with Gasteiger partial charge in [-0.25, -0.2) is 4.98 Å². The summed E-state index contributed by atoms with van der Waals surface area (Å²) in [4.78, 5) is 7.05. The van der Waals surface area contributed by atoms with Crippen LogP contribution in [0.4, 0.5) is 0 Å². The zero-order valence-electron chi connectivity index (χ0n) is 10.1. The number of hydrogen-bond acceptors (Lipinski definition) is 4. The molecule has 1 saturated heterocycles. The second kappa shape index (κ2) is 5.25. The maximum Gasteiger partial charge on any atom is 0.106 e. The van der Waals surface area contributed by atoms with Gasteiger partial charge in [-0.2, -0.15) is 0 Å². The number of aromatic nitrogens is 1. The number of nitrogens with two attached hydrogens (primary N) is 1. The summed E-state index contributed by atoms with van der Waals surface area (Å²) in [5.74, 6) is 1.63. The normalized spacial score (nSPS) is 27.2. The third-order valence-electron chi connectivity index (χ3n) is 3.10. The Labute approximate surface area is 102 Å². The largest absolute Gasteiger partial charge is 0.325 e. The molecule has 90 valence electrons.